The number of amides is 4. The van der Waals surface area contributed by atoms with Crippen LogP contribution >= 0.6 is 0 Å². The number of alkyl carbamates (subject to hydrolysis) is 1. The molecule has 32 heavy (non-hydrogen) atoms. The highest BCUT2D eigenvalue weighted by atomic mass is 19.3. The molecule has 9 nitrogen and oxygen atoms in total. The van der Waals surface area contributed by atoms with E-state index in [1.807, 2.05) is 0 Å². The van der Waals surface area contributed by atoms with E-state index in [4.69, 9.17) is 4.74 Å². The number of hydrogen-bond donors (Lipinski definition) is 2. The van der Waals surface area contributed by atoms with Crippen LogP contribution in [-0.4, -0.2) is 71.8 Å². The summed E-state index contributed by atoms with van der Waals surface area (Å²) in [5.41, 5.74) is 1.92. The zero-order valence-corrected chi connectivity index (χ0v) is 17.3. The Morgan fingerprint density at radius 2 is 2.06 bits per heavy atom. The number of alkyl halides is 2. The molecule has 1 aromatic carbocycles. The molecule has 2 fully saturated rings. The normalized spacial score (nSPS) is 23.5. The van der Waals surface area contributed by atoms with Crippen molar-refractivity contribution in [3.63, 3.8) is 0 Å². The first kappa shape index (κ1) is 22.1. The Kier molecular flexibility index (Phi) is 6.35. The molecule has 4 amide bonds. The Morgan fingerprint density at radius 1 is 1.25 bits per heavy atom. The van der Waals surface area contributed by atoms with Crippen LogP contribution in [0.15, 0.2) is 18.2 Å². The molecule has 3 aliphatic rings. The lowest BCUT2D eigenvalue weighted by atomic mass is 10.0. The van der Waals surface area contributed by atoms with Crippen LogP contribution in [0.25, 0.3) is 0 Å². The van der Waals surface area contributed by atoms with Gasteiger partial charge in [-0.2, -0.15) is 0 Å². The van der Waals surface area contributed by atoms with Crippen LogP contribution in [0.1, 0.15) is 40.7 Å². The molecular formula is C21H24F2N4O5. The number of hydrogen-bond acceptors (Lipinski definition) is 6. The second-order valence-electron chi connectivity index (χ2n) is 8.21. The molecule has 0 bridgehead atoms. The van der Waals surface area contributed by atoms with Gasteiger partial charge in [-0.25, -0.2) is 13.6 Å². The number of fused-ring (bicyclic) bond motifs is 1. The lowest BCUT2D eigenvalue weighted by molar-refractivity contribution is -0.136. The van der Waals surface area contributed by atoms with Gasteiger partial charge in [0.15, 0.2) is 0 Å². The number of halogens is 2. The molecule has 0 aromatic heterocycles. The second-order valence-corrected chi connectivity index (χ2v) is 8.21. The van der Waals surface area contributed by atoms with E-state index >= 15 is 0 Å². The topological polar surface area (TPSA) is 108 Å². The average Bonchev–Trinajstić information content (AvgIpc) is 3.30. The van der Waals surface area contributed by atoms with E-state index in [-0.39, 0.29) is 44.4 Å². The van der Waals surface area contributed by atoms with Gasteiger partial charge in [0, 0.05) is 38.2 Å². The maximum Gasteiger partial charge on any atom is 0.407 e. The number of ether oxygens (including phenoxy) is 1. The van der Waals surface area contributed by atoms with Gasteiger partial charge in [0.05, 0.1) is 6.54 Å². The first-order valence-corrected chi connectivity index (χ1v) is 10.5. The number of rotatable bonds is 6. The smallest absolute Gasteiger partial charge is 0.407 e. The Morgan fingerprint density at radius 3 is 2.81 bits per heavy atom. The molecule has 2 N–H and O–H groups in total. The molecule has 4 rings (SSSR count). The molecule has 0 spiro atoms. The van der Waals surface area contributed by atoms with Crippen LogP contribution in [-0.2, 0) is 27.4 Å². The first-order chi connectivity index (χ1) is 15.3. The number of piperidine rings is 1. The van der Waals surface area contributed by atoms with Crippen molar-refractivity contribution in [3.8, 4) is 0 Å². The molecule has 0 aliphatic carbocycles. The molecule has 0 radical (unpaired) electrons. The molecular weight excluding hydrogens is 426 g/mol. The highest BCUT2D eigenvalue weighted by Gasteiger charge is 2.39. The summed E-state index contributed by atoms with van der Waals surface area (Å²) in [5, 5.41) is 4.89. The molecule has 0 saturated carbocycles. The summed E-state index contributed by atoms with van der Waals surface area (Å²) in [7, 11) is 0. The number of benzene rings is 1. The molecule has 1 unspecified atom stereocenters. The van der Waals surface area contributed by atoms with Gasteiger partial charge in [-0.1, -0.05) is 12.1 Å². The SMILES string of the molecule is O=C1CCC(N2Cc3ccc(CNC(=O)O[C@H]4CCN(CC(F)F)C4)cc3C2=O)C(=O)N1. The lowest BCUT2D eigenvalue weighted by Crippen LogP contribution is -2.52. The van der Waals surface area contributed by atoms with Gasteiger partial charge in [0.2, 0.25) is 11.8 Å². The highest BCUT2D eigenvalue weighted by molar-refractivity contribution is 6.05. The van der Waals surface area contributed by atoms with Crippen LogP contribution in [0.3, 0.4) is 0 Å². The maximum absolute atomic E-state index is 12.8. The van der Waals surface area contributed by atoms with Gasteiger partial charge in [-0.3, -0.25) is 24.6 Å². The van der Waals surface area contributed by atoms with Gasteiger partial charge in [-0.05, 0) is 30.0 Å². The highest BCUT2D eigenvalue weighted by Crippen LogP contribution is 2.28. The fraction of sp³-hybridized carbons (Fsp3) is 0.524. The number of nitrogens with zero attached hydrogens (tertiary/aromatic N) is 2. The molecule has 172 valence electrons. The van der Waals surface area contributed by atoms with Gasteiger partial charge in [0.1, 0.15) is 12.1 Å². The van der Waals surface area contributed by atoms with Crippen LogP contribution in [0.5, 0.6) is 0 Å². The summed E-state index contributed by atoms with van der Waals surface area (Å²) in [4.78, 5) is 51.4. The summed E-state index contributed by atoms with van der Waals surface area (Å²) in [6.45, 7) is 0.818. The summed E-state index contributed by atoms with van der Waals surface area (Å²) >= 11 is 0. The number of imide groups is 1. The molecule has 2 atom stereocenters. The molecule has 1 aromatic rings. The summed E-state index contributed by atoms with van der Waals surface area (Å²) < 4.78 is 30.2. The lowest BCUT2D eigenvalue weighted by Gasteiger charge is -2.29. The van der Waals surface area contributed by atoms with Crippen LogP contribution in [0.4, 0.5) is 13.6 Å². The summed E-state index contributed by atoms with van der Waals surface area (Å²) in [6.07, 6.45) is -2.52. The minimum absolute atomic E-state index is 0.130. The Labute approximate surface area is 183 Å². The number of likely N-dealkylation sites (tertiary alicyclic amines) is 1. The van der Waals surface area contributed by atoms with E-state index in [0.29, 0.717) is 30.5 Å². The van der Waals surface area contributed by atoms with Crippen LogP contribution in [0, 0.1) is 0 Å². The minimum atomic E-state index is -2.42. The fourth-order valence-electron chi connectivity index (χ4n) is 4.33. The number of nitrogens with one attached hydrogen (secondary N) is 2. The molecule has 3 heterocycles. The first-order valence-electron chi connectivity index (χ1n) is 10.5. The summed E-state index contributed by atoms with van der Waals surface area (Å²) in [6, 6.07) is 4.55. The third kappa shape index (κ3) is 4.87. The maximum atomic E-state index is 12.8. The van der Waals surface area contributed by atoms with Crippen molar-refractivity contribution in [1.29, 1.82) is 0 Å². The largest absolute Gasteiger partial charge is 0.445 e. The van der Waals surface area contributed by atoms with E-state index in [1.165, 1.54) is 4.90 Å². The van der Waals surface area contributed by atoms with Gasteiger partial charge in [-0.15, -0.1) is 0 Å². The van der Waals surface area contributed by atoms with Crippen LogP contribution < -0.4 is 10.6 Å². The van der Waals surface area contributed by atoms with Gasteiger partial charge >= 0.3 is 6.09 Å². The fourth-order valence-corrected chi connectivity index (χ4v) is 4.33. The minimum Gasteiger partial charge on any atom is -0.445 e. The number of carbonyl (C=O) groups is 4. The summed E-state index contributed by atoms with van der Waals surface area (Å²) in [5.74, 6) is -1.09. The molecule has 2 saturated heterocycles. The van der Waals surface area contributed by atoms with Gasteiger partial charge < -0.3 is 15.0 Å². The van der Waals surface area contributed by atoms with E-state index in [2.05, 4.69) is 10.6 Å². The van der Waals surface area contributed by atoms with Crippen molar-refractivity contribution in [3.05, 3.63) is 34.9 Å². The Balaban J connectivity index is 1.30. The monoisotopic (exact) mass is 450 g/mol. The van der Waals surface area contributed by atoms with Gasteiger partial charge in [0.25, 0.3) is 12.3 Å². The quantitative estimate of drug-likeness (QED) is 0.627. The average molecular weight is 450 g/mol. The van der Waals surface area contributed by atoms with E-state index in [1.54, 1.807) is 23.1 Å². The standard InChI is InChI=1S/C21H24F2N4O5/c22-17(23)11-26-6-5-14(10-26)32-21(31)24-8-12-1-2-13-9-27(20(30)15(13)7-12)16-3-4-18(28)25-19(16)29/h1-2,7,14,16-17H,3-6,8-11H2,(H,24,31)(H,25,28,29)/t14-,16?/m0/s1. The van der Waals surface area contributed by atoms with E-state index < -0.39 is 30.6 Å². The van der Waals surface area contributed by atoms with Crippen molar-refractivity contribution in [2.45, 2.75) is 50.9 Å². The Hall–Kier alpha value is -3.08. The zero-order chi connectivity index (χ0) is 22.8. The van der Waals surface area contributed by atoms with Crippen molar-refractivity contribution < 1.29 is 32.7 Å². The van der Waals surface area contributed by atoms with E-state index in [9.17, 15) is 28.0 Å². The molecule has 11 heteroatoms. The van der Waals surface area contributed by atoms with Crippen molar-refractivity contribution in [1.82, 2.24) is 20.4 Å². The zero-order valence-electron chi connectivity index (χ0n) is 17.3. The third-order valence-electron chi connectivity index (χ3n) is 5.93. The van der Waals surface area contributed by atoms with Crippen molar-refractivity contribution in [2.24, 2.45) is 0 Å². The predicted molar refractivity (Wildman–Crippen MR) is 107 cm³/mol. The van der Waals surface area contributed by atoms with Crippen molar-refractivity contribution >= 4 is 23.8 Å². The second kappa shape index (κ2) is 9.19. The van der Waals surface area contributed by atoms with E-state index in [0.717, 1.165) is 5.56 Å². The number of carbonyl (C=O) groups excluding carboxylic acids is 4. The van der Waals surface area contributed by atoms with Crippen molar-refractivity contribution in [2.75, 3.05) is 19.6 Å². The predicted octanol–water partition coefficient (Wildman–Crippen LogP) is 1.01. The third-order valence-corrected chi connectivity index (χ3v) is 5.93. The van der Waals surface area contributed by atoms with Crippen LogP contribution in [0.2, 0.25) is 0 Å². The molecule has 3 aliphatic heterocycles. The Bertz CT molecular complexity index is 941.